The summed E-state index contributed by atoms with van der Waals surface area (Å²) < 4.78 is 0. The molecule has 0 aliphatic carbocycles. The highest BCUT2D eigenvalue weighted by Gasteiger charge is 2.28. The standard InChI is InChI=1S/C23H32N4O.HI/c1-4-23(5-2,20-10-8-7-9-11-20)17-27-22(25-6-3)26-16-18-12-14-19(15-13-18)21(24)28;/h7-15H,4-6,16-17H2,1-3H3,(H2,24,28)(H2,25,26,27);1H. The first-order valence-electron chi connectivity index (χ1n) is 10.0. The van der Waals surface area contributed by atoms with E-state index in [1.807, 2.05) is 12.1 Å². The Balaban J connectivity index is 0.00000420. The number of primary amides is 1. The minimum absolute atomic E-state index is 0. The van der Waals surface area contributed by atoms with Gasteiger partial charge in [-0.05, 0) is 43.0 Å². The lowest BCUT2D eigenvalue weighted by molar-refractivity contribution is 0.100. The van der Waals surface area contributed by atoms with Gasteiger partial charge in [0.05, 0.1) is 6.54 Å². The molecule has 0 bridgehead atoms. The summed E-state index contributed by atoms with van der Waals surface area (Å²) in [4.78, 5) is 15.9. The van der Waals surface area contributed by atoms with Crippen molar-refractivity contribution in [2.75, 3.05) is 13.1 Å². The molecular weight excluding hydrogens is 475 g/mol. The molecule has 0 fully saturated rings. The average molecular weight is 508 g/mol. The van der Waals surface area contributed by atoms with Gasteiger partial charge in [-0.1, -0.05) is 56.3 Å². The van der Waals surface area contributed by atoms with Gasteiger partial charge in [-0.25, -0.2) is 4.99 Å². The summed E-state index contributed by atoms with van der Waals surface area (Å²) in [5, 5.41) is 6.85. The van der Waals surface area contributed by atoms with Crippen molar-refractivity contribution in [2.45, 2.75) is 45.6 Å². The molecule has 29 heavy (non-hydrogen) atoms. The van der Waals surface area contributed by atoms with Crippen LogP contribution in [0.25, 0.3) is 0 Å². The molecule has 4 N–H and O–H groups in total. The topological polar surface area (TPSA) is 79.5 Å². The Bertz CT molecular complexity index is 771. The van der Waals surface area contributed by atoms with Crippen LogP contribution in [-0.2, 0) is 12.0 Å². The minimum atomic E-state index is -0.415. The lowest BCUT2D eigenvalue weighted by atomic mass is 9.76. The summed E-state index contributed by atoms with van der Waals surface area (Å²) in [6.45, 7) is 8.68. The van der Waals surface area contributed by atoms with E-state index in [9.17, 15) is 4.79 Å². The fraction of sp³-hybridized carbons (Fsp3) is 0.391. The first-order chi connectivity index (χ1) is 13.5. The Labute approximate surface area is 191 Å². The molecule has 0 saturated carbocycles. The van der Waals surface area contributed by atoms with Gasteiger partial charge in [0.1, 0.15) is 0 Å². The van der Waals surface area contributed by atoms with Crippen molar-refractivity contribution >= 4 is 35.8 Å². The van der Waals surface area contributed by atoms with Gasteiger partial charge in [-0.2, -0.15) is 0 Å². The van der Waals surface area contributed by atoms with Crippen LogP contribution in [-0.4, -0.2) is 25.0 Å². The van der Waals surface area contributed by atoms with Gasteiger partial charge in [-0.3, -0.25) is 4.79 Å². The zero-order valence-corrected chi connectivity index (χ0v) is 19.9. The van der Waals surface area contributed by atoms with Crippen LogP contribution in [0.3, 0.4) is 0 Å². The van der Waals surface area contributed by atoms with E-state index in [0.717, 1.165) is 37.5 Å². The number of nitrogens with one attached hydrogen (secondary N) is 2. The van der Waals surface area contributed by atoms with Crippen molar-refractivity contribution in [2.24, 2.45) is 10.7 Å². The van der Waals surface area contributed by atoms with E-state index in [-0.39, 0.29) is 29.4 Å². The molecule has 2 aromatic rings. The molecule has 0 aromatic heterocycles. The van der Waals surface area contributed by atoms with Crippen molar-refractivity contribution in [3.05, 3.63) is 71.3 Å². The summed E-state index contributed by atoms with van der Waals surface area (Å²) in [7, 11) is 0. The molecule has 0 radical (unpaired) electrons. The molecule has 2 aromatic carbocycles. The number of nitrogens with two attached hydrogens (primary N) is 1. The predicted molar refractivity (Wildman–Crippen MR) is 132 cm³/mol. The molecule has 2 rings (SSSR count). The average Bonchev–Trinajstić information content (AvgIpc) is 2.74. The van der Waals surface area contributed by atoms with E-state index >= 15 is 0 Å². The number of aliphatic imine (C=N–C) groups is 1. The Kier molecular flexibility index (Phi) is 10.7. The van der Waals surface area contributed by atoms with E-state index in [1.165, 1.54) is 5.56 Å². The maximum absolute atomic E-state index is 11.2. The van der Waals surface area contributed by atoms with Crippen LogP contribution in [0.5, 0.6) is 0 Å². The number of hydrogen-bond acceptors (Lipinski definition) is 2. The van der Waals surface area contributed by atoms with E-state index in [4.69, 9.17) is 10.7 Å². The quantitative estimate of drug-likeness (QED) is 0.270. The van der Waals surface area contributed by atoms with Crippen molar-refractivity contribution in [1.82, 2.24) is 10.6 Å². The number of carbonyl (C=O) groups excluding carboxylic acids is 1. The number of halogens is 1. The first-order valence-corrected chi connectivity index (χ1v) is 10.0. The van der Waals surface area contributed by atoms with Gasteiger partial charge in [0.2, 0.25) is 5.91 Å². The van der Waals surface area contributed by atoms with Crippen molar-refractivity contribution in [3.8, 4) is 0 Å². The predicted octanol–water partition coefficient (Wildman–Crippen LogP) is 4.22. The lowest BCUT2D eigenvalue weighted by Crippen LogP contribution is -2.45. The van der Waals surface area contributed by atoms with Crippen LogP contribution in [0.4, 0.5) is 0 Å². The summed E-state index contributed by atoms with van der Waals surface area (Å²) >= 11 is 0. The second-order valence-corrected chi connectivity index (χ2v) is 6.96. The first kappa shape index (κ1) is 24.9. The second-order valence-electron chi connectivity index (χ2n) is 6.96. The summed E-state index contributed by atoms with van der Waals surface area (Å²) in [5.74, 6) is 0.380. The fourth-order valence-corrected chi connectivity index (χ4v) is 3.34. The van der Waals surface area contributed by atoms with Crippen LogP contribution in [0.15, 0.2) is 59.6 Å². The number of benzene rings is 2. The molecule has 0 atom stereocenters. The molecule has 6 heteroatoms. The Hall–Kier alpha value is -2.09. The van der Waals surface area contributed by atoms with E-state index in [1.54, 1.807) is 12.1 Å². The molecule has 0 aliphatic heterocycles. The van der Waals surface area contributed by atoms with Crippen LogP contribution >= 0.6 is 24.0 Å². The molecule has 0 unspecified atom stereocenters. The molecule has 0 aliphatic rings. The van der Waals surface area contributed by atoms with E-state index < -0.39 is 5.91 Å². The molecule has 158 valence electrons. The van der Waals surface area contributed by atoms with Crippen LogP contribution in [0.1, 0.15) is 55.1 Å². The SMILES string of the molecule is CCNC(=NCc1ccc(C(N)=O)cc1)NCC(CC)(CC)c1ccccc1.I. The summed E-state index contributed by atoms with van der Waals surface area (Å²) in [5.41, 5.74) is 8.26. The zero-order valence-electron chi connectivity index (χ0n) is 17.6. The lowest BCUT2D eigenvalue weighted by Gasteiger charge is -2.33. The number of amides is 1. The van der Waals surface area contributed by atoms with E-state index in [0.29, 0.717) is 12.1 Å². The normalized spacial score (nSPS) is 11.5. The Morgan fingerprint density at radius 1 is 0.966 bits per heavy atom. The third kappa shape index (κ3) is 7.03. The van der Waals surface area contributed by atoms with E-state index in [2.05, 4.69) is 61.7 Å². The molecule has 0 heterocycles. The van der Waals surface area contributed by atoms with Crippen LogP contribution < -0.4 is 16.4 Å². The third-order valence-electron chi connectivity index (χ3n) is 5.34. The number of nitrogens with zero attached hydrogens (tertiary/aromatic N) is 1. The Morgan fingerprint density at radius 2 is 1.59 bits per heavy atom. The van der Waals surface area contributed by atoms with Crippen LogP contribution in [0.2, 0.25) is 0 Å². The number of rotatable bonds is 9. The molecule has 1 amide bonds. The van der Waals surface area contributed by atoms with Gasteiger partial charge in [-0.15, -0.1) is 24.0 Å². The molecular formula is C23H33IN4O. The number of carbonyl (C=O) groups is 1. The van der Waals surface area contributed by atoms with Crippen molar-refractivity contribution < 1.29 is 4.79 Å². The highest BCUT2D eigenvalue weighted by atomic mass is 127. The van der Waals surface area contributed by atoms with Gasteiger partial charge in [0, 0.05) is 24.1 Å². The fourth-order valence-electron chi connectivity index (χ4n) is 3.34. The smallest absolute Gasteiger partial charge is 0.248 e. The van der Waals surface area contributed by atoms with Gasteiger partial charge in [0.25, 0.3) is 0 Å². The van der Waals surface area contributed by atoms with Gasteiger partial charge < -0.3 is 16.4 Å². The summed E-state index contributed by atoms with van der Waals surface area (Å²) in [6.07, 6.45) is 2.10. The molecule has 0 spiro atoms. The highest BCUT2D eigenvalue weighted by molar-refractivity contribution is 14.0. The highest BCUT2D eigenvalue weighted by Crippen LogP contribution is 2.30. The van der Waals surface area contributed by atoms with Crippen molar-refractivity contribution in [3.63, 3.8) is 0 Å². The largest absolute Gasteiger partial charge is 0.366 e. The number of hydrogen-bond donors (Lipinski definition) is 3. The Morgan fingerprint density at radius 3 is 2.10 bits per heavy atom. The van der Waals surface area contributed by atoms with Gasteiger partial charge in [0.15, 0.2) is 5.96 Å². The molecule has 5 nitrogen and oxygen atoms in total. The maximum atomic E-state index is 11.2. The summed E-state index contributed by atoms with van der Waals surface area (Å²) in [6, 6.07) is 17.9. The van der Waals surface area contributed by atoms with Crippen LogP contribution in [0, 0.1) is 0 Å². The second kappa shape index (κ2) is 12.5. The third-order valence-corrected chi connectivity index (χ3v) is 5.34. The number of guanidine groups is 1. The zero-order chi connectivity index (χ0) is 20.4. The van der Waals surface area contributed by atoms with Gasteiger partial charge >= 0.3 is 0 Å². The van der Waals surface area contributed by atoms with Crippen molar-refractivity contribution in [1.29, 1.82) is 0 Å². The minimum Gasteiger partial charge on any atom is -0.366 e. The maximum Gasteiger partial charge on any atom is 0.248 e. The molecule has 0 saturated heterocycles. The monoisotopic (exact) mass is 508 g/mol.